The molecule has 0 amide bonds. The van der Waals surface area contributed by atoms with E-state index in [-0.39, 0.29) is 6.42 Å². The molecule has 1 rings (SSSR count). The number of carbonyl (C=O) groups is 2. The van der Waals surface area contributed by atoms with Gasteiger partial charge in [0.25, 0.3) is 0 Å². The molecule has 1 aromatic heterocycles. The maximum atomic E-state index is 11.5. The summed E-state index contributed by atoms with van der Waals surface area (Å²) in [5.41, 5.74) is 0.0870. The number of esters is 1. The van der Waals surface area contributed by atoms with Crippen LogP contribution in [0, 0.1) is 0 Å². The number of nitrogens with zero attached hydrogens (tertiary/aromatic N) is 1. The van der Waals surface area contributed by atoms with E-state index >= 15 is 0 Å². The third-order valence-electron chi connectivity index (χ3n) is 1.42. The monoisotopic (exact) mass is 227 g/mol. The lowest BCUT2D eigenvalue weighted by Crippen LogP contribution is -2.23. The Balaban J connectivity index is 2.70. The number of rotatable bonds is 3. The predicted molar refractivity (Wildman–Crippen MR) is 57.1 cm³/mol. The van der Waals surface area contributed by atoms with Crippen LogP contribution in [0.5, 0.6) is 0 Å². The van der Waals surface area contributed by atoms with Gasteiger partial charge >= 0.3 is 5.97 Å². The average molecular weight is 227 g/mol. The normalized spacial score (nSPS) is 11.1. The van der Waals surface area contributed by atoms with E-state index < -0.39 is 11.6 Å². The maximum absolute atomic E-state index is 11.5. The van der Waals surface area contributed by atoms with Crippen molar-refractivity contribution >= 4 is 23.6 Å². The van der Waals surface area contributed by atoms with Crippen LogP contribution in [0.3, 0.4) is 0 Å². The maximum Gasteiger partial charge on any atom is 0.367 e. The summed E-state index contributed by atoms with van der Waals surface area (Å²) in [5.74, 6) is -0.440. The molecule has 0 aliphatic carbocycles. The third kappa shape index (κ3) is 3.79. The SMILES string of the molecule is CC(C)(C)OC(=O)c1nc(CC=O)cs1. The van der Waals surface area contributed by atoms with Gasteiger partial charge in [-0.25, -0.2) is 9.78 Å². The highest BCUT2D eigenvalue weighted by molar-refractivity contribution is 7.11. The second kappa shape index (κ2) is 4.53. The Hall–Kier alpha value is -1.23. The van der Waals surface area contributed by atoms with E-state index in [1.54, 1.807) is 26.2 Å². The number of aromatic nitrogens is 1. The van der Waals surface area contributed by atoms with E-state index in [4.69, 9.17) is 4.74 Å². The minimum atomic E-state index is -0.520. The number of ether oxygens (including phenoxy) is 1. The zero-order chi connectivity index (χ0) is 11.5. The van der Waals surface area contributed by atoms with Crippen molar-refractivity contribution in [2.45, 2.75) is 32.8 Å². The average Bonchev–Trinajstić information content (AvgIpc) is 2.50. The molecule has 1 heterocycles. The Morgan fingerprint density at radius 1 is 1.60 bits per heavy atom. The quantitative estimate of drug-likeness (QED) is 0.584. The number of thiazole rings is 1. The Morgan fingerprint density at radius 3 is 2.80 bits per heavy atom. The van der Waals surface area contributed by atoms with Crippen LogP contribution < -0.4 is 0 Å². The van der Waals surface area contributed by atoms with Crippen LogP contribution in [-0.2, 0) is 16.0 Å². The fourth-order valence-electron chi connectivity index (χ4n) is 0.902. The summed E-state index contributed by atoms with van der Waals surface area (Å²) in [7, 11) is 0. The number of hydrogen-bond donors (Lipinski definition) is 0. The summed E-state index contributed by atoms with van der Waals surface area (Å²) < 4.78 is 5.14. The molecule has 4 nitrogen and oxygen atoms in total. The second-order valence-corrected chi connectivity index (χ2v) is 4.87. The van der Waals surface area contributed by atoms with Gasteiger partial charge < -0.3 is 9.53 Å². The molecule has 5 heteroatoms. The van der Waals surface area contributed by atoms with Crippen molar-refractivity contribution in [1.29, 1.82) is 0 Å². The summed E-state index contributed by atoms with van der Waals surface area (Å²) in [6.07, 6.45) is 0.993. The summed E-state index contributed by atoms with van der Waals surface area (Å²) in [6.45, 7) is 5.39. The molecule has 0 fully saturated rings. The minimum Gasteiger partial charge on any atom is -0.455 e. The first-order chi connectivity index (χ1) is 6.92. The largest absolute Gasteiger partial charge is 0.455 e. The van der Waals surface area contributed by atoms with Gasteiger partial charge in [0, 0.05) is 11.8 Å². The van der Waals surface area contributed by atoms with E-state index in [2.05, 4.69) is 4.98 Å². The first-order valence-corrected chi connectivity index (χ1v) is 5.42. The molecule has 0 saturated heterocycles. The van der Waals surface area contributed by atoms with E-state index in [1.165, 1.54) is 11.3 Å². The molecule has 0 spiro atoms. The third-order valence-corrected chi connectivity index (χ3v) is 2.29. The van der Waals surface area contributed by atoms with Gasteiger partial charge in [-0.15, -0.1) is 11.3 Å². The van der Waals surface area contributed by atoms with Crippen molar-refractivity contribution in [3.63, 3.8) is 0 Å². The molecule has 0 atom stereocenters. The first kappa shape index (κ1) is 11.8. The molecule has 15 heavy (non-hydrogen) atoms. The van der Waals surface area contributed by atoms with E-state index in [1.807, 2.05) is 0 Å². The van der Waals surface area contributed by atoms with Gasteiger partial charge in [0.2, 0.25) is 5.01 Å². The summed E-state index contributed by atoms with van der Waals surface area (Å²) in [5, 5.41) is 1.98. The van der Waals surface area contributed by atoms with Crippen LogP contribution in [0.2, 0.25) is 0 Å². The fraction of sp³-hybridized carbons (Fsp3) is 0.500. The van der Waals surface area contributed by atoms with Crippen LogP contribution in [-0.4, -0.2) is 22.8 Å². The van der Waals surface area contributed by atoms with Crippen LogP contribution in [0.15, 0.2) is 5.38 Å². The number of hydrogen-bond acceptors (Lipinski definition) is 5. The van der Waals surface area contributed by atoms with E-state index in [0.29, 0.717) is 10.7 Å². The van der Waals surface area contributed by atoms with Crippen LogP contribution in [0.4, 0.5) is 0 Å². The highest BCUT2D eigenvalue weighted by atomic mass is 32.1. The molecule has 0 unspecified atom stereocenters. The van der Waals surface area contributed by atoms with Crippen LogP contribution in [0.1, 0.15) is 36.3 Å². The van der Waals surface area contributed by atoms with E-state index in [9.17, 15) is 9.59 Å². The zero-order valence-corrected chi connectivity index (χ0v) is 9.76. The lowest BCUT2D eigenvalue weighted by atomic mass is 10.2. The number of carbonyl (C=O) groups excluding carboxylic acids is 2. The molecular weight excluding hydrogens is 214 g/mol. The second-order valence-electron chi connectivity index (χ2n) is 4.02. The minimum absolute atomic E-state index is 0.235. The molecule has 0 aliphatic rings. The molecule has 0 saturated carbocycles. The fourth-order valence-corrected chi connectivity index (χ4v) is 1.61. The van der Waals surface area contributed by atoms with Crippen molar-refractivity contribution in [3.05, 3.63) is 16.1 Å². The molecule has 1 aromatic rings. The van der Waals surface area contributed by atoms with Gasteiger partial charge in [-0.1, -0.05) is 0 Å². The van der Waals surface area contributed by atoms with Gasteiger partial charge in [0.05, 0.1) is 5.69 Å². The summed E-state index contributed by atoms with van der Waals surface area (Å²) >= 11 is 1.19. The Bertz CT molecular complexity index is 365. The van der Waals surface area contributed by atoms with Crippen molar-refractivity contribution in [2.24, 2.45) is 0 Å². The summed E-state index contributed by atoms with van der Waals surface area (Å²) in [4.78, 5) is 25.7. The highest BCUT2D eigenvalue weighted by Gasteiger charge is 2.20. The van der Waals surface area contributed by atoms with Crippen molar-refractivity contribution < 1.29 is 14.3 Å². The highest BCUT2D eigenvalue weighted by Crippen LogP contribution is 2.15. The molecular formula is C10H13NO3S. The van der Waals surface area contributed by atoms with Crippen molar-refractivity contribution in [1.82, 2.24) is 4.98 Å². The Morgan fingerprint density at radius 2 is 2.27 bits per heavy atom. The summed E-state index contributed by atoms with van der Waals surface area (Å²) in [6, 6.07) is 0. The lowest BCUT2D eigenvalue weighted by molar-refractivity contribution is -0.107. The van der Waals surface area contributed by atoms with Crippen molar-refractivity contribution in [2.75, 3.05) is 0 Å². The molecule has 0 bridgehead atoms. The standard InChI is InChI=1S/C10H13NO3S/c1-10(2,3)14-9(13)8-11-7(4-5-12)6-15-8/h5-6H,4H2,1-3H3. The topological polar surface area (TPSA) is 56.3 Å². The van der Waals surface area contributed by atoms with E-state index in [0.717, 1.165) is 6.29 Å². The Kier molecular flexibility index (Phi) is 3.57. The van der Waals surface area contributed by atoms with Gasteiger partial charge in [0.15, 0.2) is 0 Å². The van der Waals surface area contributed by atoms with Crippen molar-refractivity contribution in [3.8, 4) is 0 Å². The zero-order valence-electron chi connectivity index (χ0n) is 8.94. The van der Waals surface area contributed by atoms with Gasteiger partial charge in [-0.05, 0) is 20.8 Å². The van der Waals surface area contributed by atoms with Crippen LogP contribution in [0.25, 0.3) is 0 Å². The first-order valence-electron chi connectivity index (χ1n) is 4.54. The van der Waals surface area contributed by atoms with Gasteiger partial charge in [-0.2, -0.15) is 0 Å². The molecule has 0 N–H and O–H groups in total. The van der Waals surface area contributed by atoms with Gasteiger partial charge in [0.1, 0.15) is 11.9 Å². The van der Waals surface area contributed by atoms with Gasteiger partial charge in [-0.3, -0.25) is 0 Å². The molecule has 0 aliphatic heterocycles. The molecule has 82 valence electrons. The smallest absolute Gasteiger partial charge is 0.367 e. The number of aldehydes is 1. The molecule has 0 radical (unpaired) electrons. The Labute approximate surface area is 92.3 Å². The molecule has 0 aromatic carbocycles. The van der Waals surface area contributed by atoms with Crippen LogP contribution >= 0.6 is 11.3 Å². The predicted octanol–water partition coefficient (Wildman–Crippen LogP) is 1.84. The lowest BCUT2D eigenvalue weighted by Gasteiger charge is -2.18.